The van der Waals surface area contributed by atoms with Gasteiger partial charge in [0.15, 0.2) is 0 Å². The largest absolute Gasteiger partial charge is 0.366 e. The van der Waals surface area contributed by atoms with E-state index < -0.39 is 5.91 Å². The molecule has 0 saturated heterocycles. The zero-order chi connectivity index (χ0) is 15.5. The quantitative estimate of drug-likeness (QED) is 0.889. The molecule has 1 aromatic carbocycles. The Morgan fingerprint density at radius 2 is 2.14 bits per heavy atom. The van der Waals surface area contributed by atoms with Gasteiger partial charge in [0.05, 0.1) is 0 Å². The summed E-state index contributed by atoms with van der Waals surface area (Å²) in [4.78, 5) is 15.6. The molecule has 1 heterocycles. The maximum absolute atomic E-state index is 11.1. The maximum atomic E-state index is 11.1. The van der Waals surface area contributed by atoms with Gasteiger partial charge in [-0.15, -0.1) is 0 Å². The Morgan fingerprint density at radius 1 is 1.38 bits per heavy atom. The number of carbonyl (C=O) groups is 1. The number of anilines is 1. The van der Waals surface area contributed by atoms with Crippen LogP contribution in [-0.4, -0.2) is 21.8 Å². The number of rotatable bonds is 5. The Bertz CT molecular complexity index is 631. The van der Waals surface area contributed by atoms with Crippen molar-refractivity contribution in [2.45, 2.75) is 32.6 Å². The maximum Gasteiger partial charge on any atom is 0.248 e. The first kappa shape index (κ1) is 15.4. The van der Waals surface area contributed by atoms with Gasteiger partial charge in [0.2, 0.25) is 11.0 Å². The van der Waals surface area contributed by atoms with Crippen LogP contribution in [0, 0.1) is 0 Å². The number of hydrogen-bond donors (Lipinski definition) is 2. The van der Waals surface area contributed by atoms with Gasteiger partial charge < -0.3 is 11.1 Å². The van der Waals surface area contributed by atoms with E-state index in [2.05, 4.69) is 35.4 Å². The highest BCUT2D eigenvalue weighted by Crippen LogP contribution is 2.22. The molecule has 2 aromatic rings. The van der Waals surface area contributed by atoms with Crippen LogP contribution in [0.1, 0.15) is 42.5 Å². The van der Waals surface area contributed by atoms with Gasteiger partial charge in [0, 0.05) is 29.1 Å². The summed E-state index contributed by atoms with van der Waals surface area (Å²) in [6, 6.07) is 7.37. The van der Waals surface area contributed by atoms with Crippen LogP contribution in [0.15, 0.2) is 24.3 Å². The molecule has 3 N–H and O–H groups in total. The number of amides is 1. The minimum atomic E-state index is -0.399. The topological polar surface area (TPSA) is 80.9 Å². The zero-order valence-electron chi connectivity index (χ0n) is 12.5. The van der Waals surface area contributed by atoms with Gasteiger partial charge in [-0.05, 0) is 24.1 Å². The summed E-state index contributed by atoms with van der Waals surface area (Å²) in [5.74, 6) is 0.453. The highest BCUT2D eigenvalue weighted by molar-refractivity contribution is 7.09. The summed E-state index contributed by atoms with van der Waals surface area (Å²) in [6.07, 6.45) is 0.797. The first-order valence-electron chi connectivity index (χ1n) is 6.83. The van der Waals surface area contributed by atoms with E-state index >= 15 is 0 Å². The first-order chi connectivity index (χ1) is 9.86. The van der Waals surface area contributed by atoms with Crippen LogP contribution in [0.2, 0.25) is 0 Å². The van der Waals surface area contributed by atoms with Gasteiger partial charge in [0.25, 0.3) is 0 Å². The summed E-state index contributed by atoms with van der Waals surface area (Å²) >= 11 is 1.37. The normalized spacial score (nSPS) is 11.4. The second-order valence-electron chi connectivity index (χ2n) is 5.91. The molecule has 0 saturated carbocycles. The van der Waals surface area contributed by atoms with E-state index in [-0.39, 0.29) is 5.41 Å². The van der Waals surface area contributed by atoms with Gasteiger partial charge in [-0.25, -0.2) is 4.98 Å². The standard InChI is InChI=1S/C15H20N4OS/c1-15(2,3)13-18-14(21-19-13)17-8-7-10-5-4-6-11(9-10)12(16)20/h4-6,9H,7-8H2,1-3H3,(H2,16,20)(H,17,18,19). The molecule has 112 valence electrons. The molecular formula is C15H20N4OS. The van der Waals surface area contributed by atoms with Crippen molar-refractivity contribution in [2.24, 2.45) is 5.73 Å². The summed E-state index contributed by atoms with van der Waals surface area (Å²) in [6.45, 7) is 7.01. The number of aromatic nitrogens is 2. The van der Waals surface area contributed by atoms with E-state index in [1.54, 1.807) is 6.07 Å². The Morgan fingerprint density at radius 3 is 2.76 bits per heavy atom. The highest BCUT2D eigenvalue weighted by Gasteiger charge is 2.19. The zero-order valence-corrected chi connectivity index (χ0v) is 13.3. The second-order valence-corrected chi connectivity index (χ2v) is 6.67. The van der Waals surface area contributed by atoms with E-state index in [1.165, 1.54) is 11.5 Å². The molecule has 0 bridgehead atoms. The van der Waals surface area contributed by atoms with Crippen molar-refractivity contribution in [3.63, 3.8) is 0 Å². The molecule has 2 rings (SSSR count). The first-order valence-corrected chi connectivity index (χ1v) is 7.60. The Hall–Kier alpha value is -1.95. The molecule has 0 aliphatic carbocycles. The molecule has 6 heteroatoms. The molecule has 0 atom stereocenters. The summed E-state index contributed by atoms with van der Waals surface area (Å²) in [7, 11) is 0. The Kier molecular flexibility index (Phi) is 4.57. The number of nitrogens with two attached hydrogens (primary N) is 1. The molecule has 0 spiro atoms. The number of primary amides is 1. The molecule has 0 fully saturated rings. The van der Waals surface area contributed by atoms with E-state index in [1.807, 2.05) is 18.2 Å². The van der Waals surface area contributed by atoms with Gasteiger partial charge in [0.1, 0.15) is 5.82 Å². The minimum absolute atomic E-state index is 0.0355. The van der Waals surface area contributed by atoms with E-state index in [0.717, 1.165) is 29.5 Å². The van der Waals surface area contributed by atoms with E-state index in [4.69, 9.17) is 5.73 Å². The molecule has 0 radical (unpaired) electrons. The van der Waals surface area contributed by atoms with Crippen molar-refractivity contribution in [2.75, 3.05) is 11.9 Å². The third-order valence-corrected chi connectivity index (χ3v) is 3.67. The van der Waals surface area contributed by atoms with Crippen molar-refractivity contribution in [3.05, 3.63) is 41.2 Å². The molecule has 1 amide bonds. The molecular weight excluding hydrogens is 284 g/mol. The fourth-order valence-electron chi connectivity index (χ4n) is 1.79. The average molecular weight is 304 g/mol. The molecule has 1 aromatic heterocycles. The van der Waals surface area contributed by atoms with Gasteiger partial charge in [-0.2, -0.15) is 4.37 Å². The monoisotopic (exact) mass is 304 g/mol. The molecule has 0 aliphatic heterocycles. The number of nitrogens with zero attached hydrogens (tertiary/aromatic N) is 2. The predicted octanol–water partition coefficient (Wildman–Crippen LogP) is 2.59. The summed E-state index contributed by atoms with van der Waals surface area (Å²) in [5.41, 5.74) is 6.85. The third-order valence-electron chi connectivity index (χ3n) is 3.00. The lowest BCUT2D eigenvalue weighted by Gasteiger charge is -2.12. The molecule has 5 nitrogen and oxygen atoms in total. The lowest BCUT2D eigenvalue weighted by molar-refractivity contribution is 0.1000. The summed E-state index contributed by atoms with van der Waals surface area (Å²) in [5, 5.41) is 4.09. The van der Waals surface area contributed by atoms with Crippen molar-refractivity contribution >= 4 is 22.6 Å². The van der Waals surface area contributed by atoms with Crippen LogP contribution in [0.4, 0.5) is 5.13 Å². The van der Waals surface area contributed by atoms with Crippen LogP contribution >= 0.6 is 11.5 Å². The predicted molar refractivity (Wildman–Crippen MR) is 85.8 cm³/mol. The van der Waals surface area contributed by atoms with Crippen LogP contribution in [-0.2, 0) is 11.8 Å². The van der Waals surface area contributed by atoms with Crippen molar-refractivity contribution in [1.29, 1.82) is 0 Å². The SMILES string of the molecule is CC(C)(C)c1nsc(NCCc2cccc(C(N)=O)c2)n1. The molecule has 21 heavy (non-hydrogen) atoms. The van der Waals surface area contributed by atoms with Crippen LogP contribution in [0.3, 0.4) is 0 Å². The van der Waals surface area contributed by atoms with Crippen molar-refractivity contribution in [1.82, 2.24) is 9.36 Å². The molecule has 0 aliphatic rings. The fourth-order valence-corrected chi connectivity index (χ4v) is 2.58. The Labute approximate surface area is 128 Å². The van der Waals surface area contributed by atoms with Gasteiger partial charge in [-0.3, -0.25) is 4.79 Å². The number of carbonyl (C=O) groups excluding carboxylic acids is 1. The smallest absolute Gasteiger partial charge is 0.248 e. The van der Waals surface area contributed by atoms with Crippen LogP contribution in [0.25, 0.3) is 0 Å². The van der Waals surface area contributed by atoms with E-state index in [9.17, 15) is 4.79 Å². The highest BCUT2D eigenvalue weighted by atomic mass is 32.1. The second kappa shape index (κ2) is 6.22. The van der Waals surface area contributed by atoms with Crippen molar-refractivity contribution < 1.29 is 4.79 Å². The average Bonchev–Trinajstić information content (AvgIpc) is 2.88. The number of nitrogens with one attached hydrogen (secondary N) is 1. The fraction of sp³-hybridized carbons (Fsp3) is 0.400. The summed E-state index contributed by atoms with van der Waals surface area (Å²) < 4.78 is 4.36. The number of hydrogen-bond acceptors (Lipinski definition) is 5. The number of benzene rings is 1. The van der Waals surface area contributed by atoms with Crippen molar-refractivity contribution in [3.8, 4) is 0 Å². The Balaban J connectivity index is 1.91. The molecule has 0 unspecified atom stereocenters. The lowest BCUT2D eigenvalue weighted by atomic mass is 9.96. The van der Waals surface area contributed by atoms with Gasteiger partial charge in [-0.1, -0.05) is 32.9 Å². The minimum Gasteiger partial charge on any atom is -0.366 e. The van der Waals surface area contributed by atoms with Gasteiger partial charge >= 0.3 is 0 Å². The van der Waals surface area contributed by atoms with E-state index in [0.29, 0.717) is 5.56 Å². The van der Waals surface area contributed by atoms with Crippen LogP contribution in [0.5, 0.6) is 0 Å². The third kappa shape index (κ3) is 4.26. The van der Waals surface area contributed by atoms with Crippen LogP contribution < -0.4 is 11.1 Å². The lowest BCUT2D eigenvalue weighted by Crippen LogP contribution is -2.13.